The lowest BCUT2D eigenvalue weighted by molar-refractivity contribution is 0.122. The average molecular weight is 419 g/mol. The number of piperidine rings is 1. The van der Waals surface area contributed by atoms with Crippen LogP contribution in [0.25, 0.3) is 0 Å². The van der Waals surface area contributed by atoms with Gasteiger partial charge in [-0.1, -0.05) is 26.7 Å². The molecule has 1 aliphatic carbocycles. The Morgan fingerprint density at radius 2 is 1.66 bits per heavy atom. The molecular weight excluding hydrogens is 384 g/mol. The smallest absolute Gasteiger partial charge is 0.232 e. The van der Waals surface area contributed by atoms with Gasteiger partial charge < -0.3 is 25.2 Å². The second-order valence-electron chi connectivity index (χ2n) is 8.94. The summed E-state index contributed by atoms with van der Waals surface area (Å²) >= 11 is 5.56. The van der Waals surface area contributed by atoms with Gasteiger partial charge in [0.1, 0.15) is 11.6 Å². The molecule has 0 bridgehead atoms. The zero-order valence-corrected chi connectivity index (χ0v) is 18.5. The summed E-state index contributed by atoms with van der Waals surface area (Å²) in [5, 5.41) is 7.32. The summed E-state index contributed by atoms with van der Waals surface area (Å²) in [6.07, 6.45) is 6.20. The van der Waals surface area contributed by atoms with Crippen molar-refractivity contribution in [1.29, 1.82) is 0 Å². The lowest BCUT2D eigenvalue weighted by Gasteiger charge is -2.36. The van der Waals surface area contributed by atoms with Crippen LogP contribution in [-0.2, 0) is 4.74 Å². The molecule has 0 amide bonds. The fraction of sp³-hybridized carbons (Fsp3) is 0.762. The summed E-state index contributed by atoms with van der Waals surface area (Å²) in [6.45, 7) is 9.91. The molecule has 8 heteroatoms. The van der Waals surface area contributed by atoms with Gasteiger partial charge >= 0.3 is 0 Å². The van der Waals surface area contributed by atoms with E-state index in [4.69, 9.17) is 26.9 Å². The zero-order chi connectivity index (χ0) is 20.2. The maximum absolute atomic E-state index is 5.56. The monoisotopic (exact) mass is 418 g/mol. The number of nitrogens with one attached hydrogen (secondary N) is 2. The lowest BCUT2D eigenvalue weighted by atomic mass is 9.92. The Hall–Kier alpha value is -1.67. The van der Waals surface area contributed by atoms with Gasteiger partial charge in [-0.05, 0) is 43.3 Å². The molecule has 3 aliphatic rings. The van der Waals surface area contributed by atoms with Crippen molar-refractivity contribution in [3.8, 4) is 0 Å². The standard InChI is InChI=1S/C21H34N6OS/c1-15-11-16(2)14-27(13-15)19-12-18(26-7-9-28-10-8-26)23-20(24-19)25-21(29)22-17-5-3-4-6-17/h12,15-17H,3-11,13-14H2,1-2H3,(H2,22,23,24,25,29)/t15-,16-/m1/s1. The van der Waals surface area contributed by atoms with Crippen LogP contribution in [0.1, 0.15) is 46.0 Å². The second kappa shape index (κ2) is 9.43. The number of hydrogen-bond acceptors (Lipinski definition) is 6. The first-order chi connectivity index (χ1) is 14.1. The number of thiocarbonyl (C=S) groups is 1. The van der Waals surface area contributed by atoms with E-state index in [1.807, 2.05) is 0 Å². The number of nitrogens with zero attached hydrogens (tertiary/aromatic N) is 4. The molecule has 7 nitrogen and oxygen atoms in total. The third-order valence-corrected chi connectivity index (χ3v) is 6.36. The number of morpholine rings is 1. The summed E-state index contributed by atoms with van der Waals surface area (Å²) in [7, 11) is 0. The number of rotatable bonds is 4. The van der Waals surface area contributed by atoms with E-state index >= 15 is 0 Å². The quantitative estimate of drug-likeness (QED) is 0.724. The zero-order valence-electron chi connectivity index (χ0n) is 17.7. The van der Waals surface area contributed by atoms with Crippen LogP contribution in [0.3, 0.4) is 0 Å². The van der Waals surface area contributed by atoms with Gasteiger partial charge in [0.15, 0.2) is 5.11 Å². The molecule has 0 spiro atoms. The molecule has 1 aromatic heterocycles. The summed E-state index contributed by atoms with van der Waals surface area (Å²) < 4.78 is 5.52. The van der Waals surface area contributed by atoms with Gasteiger partial charge in [-0.25, -0.2) is 0 Å². The summed E-state index contributed by atoms with van der Waals surface area (Å²) in [5.74, 6) is 3.87. The molecule has 3 fully saturated rings. The Balaban J connectivity index is 1.54. The topological polar surface area (TPSA) is 65.6 Å². The van der Waals surface area contributed by atoms with Crippen molar-refractivity contribution >= 4 is 34.9 Å². The molecule has 2 atom stereocenters. The van der Waals surface area contributed by atoms with Crippen molar-refractivity contribution in [3.63, 3.8) is 0 Å². The van der Waals surface area contributed by atoms with Gasteiger partial charge in [0.2, 0.25) is 5.95 Å². The molecule has 2 aliphatic heterocycles. The van der Waals surface area contributed by atoms with Gasteiger partial charge in [-0.2, -0.15) is 9.97 Å². The minimum Gasteiger partial charge on any atom is -0.378 e. The molecule has 0 aromatic carbocycles. The van der Waals surface area contributed by atoms with Crippen LogP contribution in [0.4, 0.5) is 17.6 Å². The first kappa shape index (κ1) is 20.6. The van der Waals surface area contributed by atoms with Crippen molar-refractivity contribution < 1.29 is 4.74 Å². The minimum atomic E-state index is 0.473. The minimum absolute atomic E-state index is 0.473. The number of hydrogen-bond donors (Lipinski definition) is 2. The Labute approximate surface area is 179 Å². The molecule has 3 heterocycles. The Morgan fingerprint density at radius 3 is 2.31 bits per heavy atom. The van der Waals surface area contributed by atoms with Crippen molar-refractivity contribution in [1.82, 2.24) is 15.3 Å². The summed E-state index contributed by atoms with van der Waals surface area (Å²) in [5.41, 5.74) is 0. The molecule has 29 heavy (non-hydrogen) atoms. The highest BCUT2D eigenvalue weighted by molar-refractivity contribution is 7.80. The molecule has 160 valence electrons. The van der Waals surface area contributed by atoms with Crippen LogP contribution in [0.5, 0.6) is 0 Å². The first-order valence-corrected chi connectivity index (χ1v) is 11.5. The summed E-state index contributed by atoms with van der Waals surface area (Å²) in [4.78, 5) is 14.3. The first-order valence-electron chi connectivity index (χ1n) is 11.1. The Kier molecular flexibility index (Phi) is 6.70. The maximum Gasteiger partial charge on any atom is 0.232 e. The third-order valence-electron chi connectivity index (χ3n) is 6.14. The number of anilines is 3. The molecule has 1 aromatic rings. The van der Waals surface area contributed by atoms with Crippen LogP contribution in [0.15, 0.2) is 6.07 Å². The van der Waals surface area contributed by atoms with E-state index in [0.29, 0.717) is 28.9 Å². The van der Waals surface area contributed by atoms with E-state index in [2.05, 4.69) is 40.3 Å². The van der Waals surface area contributed by atoms with Crippen LogP contribution in [0.2, 0.25) is 0 Å². The molecule has 2 saturated heterocycles. The fourth-order valence-electron chi connectivity index (χ4n) is 4.84. The second-order valence-corrected chi connectivity index (χ2v) is 9.35. The third kappa shape index (κ3) is 5.48. The van der Waals surface area contributed by atoms with Crippen LogP contribution >= 0.6 is 12.2 Å². The van der Waals surface area contributed by atoms with E-state index in [-0.39, 0.29) is 0 Å². The van der Waals surface area contributed by atoms with Gasteiger partial charge in [0.05, 0.1) is 13.2 Å². The van der Waals surface area contributed by atoms with Crippen LogP contribution < -0.4 is 20.4 Å². The highest BCUT2D eigenvalue weighted by atomic mass is 32.1. The van der Waals surface area contributed by atoms with E-state index in [9.17, 15) is 0 Å². The molecule has 4 rings (SSSR count). The van der Waals surface area contributed by atoms with Gasteiger partial charge in [0, 0.05) is 38.3 Å². The van der Waals surface area contributed by atoms with Gasteiger partial charge in [-0.15, -0.1) is 0 Å². The van der Waals surface area contributed by atoms with Gasteiger partial charge in [-0.3, -0.25) is 0 Å². The normalized spacial score (nSPS) is 25.9. The average Bonchev–Trinajstić information content (AvgIpc) is 3.20. The highest BCUT2D eigenvalue weighted by Gasteiger charge is 2.25. The van der Waals surface area contributed by atoms with Crippen molar-refractivity contribution in [2.75, 3.05) is 54.5 Å². The SMILES string of the molecule is C[C@@H]1C[C@@H](C)CN(c2cc(N3CCOCC3)nc(NC(=S)NC3CCCC3)n2)C1. The Bertz CT molecular complexity index is 694. The van der Waals surface area contributed by atoms with E-state index in [1.165, 1.54) is 32.1 Å². The number of aromatic nitrogens is 2. The molecule has 0 unspecified atom stereocenters. The van der Waals surface area contributed by atoms with Crippen molar-refractivity contribution in [3.05, 3.63) is 6.07 Å². The fourth-order valence-corrected chi connectivity index (χ4v) is 5.10. The van der Waals surface area contributed by atoms with Gasteiger partial charge in [0.25, 0.3) is 0 Å². The number of ether oxygens (including phenoxy) is 1. The van der Waals surface area contributed by atoms with Crippen LogP contribution in [0, 0.1) is 11.8 Å². The van der Waals surface area contributed by atoms with E-state index in [0.717, 1.165) is 51.0 Å². The molecule has 1 saturated carbocycles. The molecule has 0 radical (unpaired) electrons. The summed E-state index contributed by atoms with van der Waals surface area (Å²) in [6, 6.07) is 2.61. The maximum atomic E-state index is 5.56. The predicted octanol–water partition coefficient (Wildman–Crippen LogP) is 3.02. The Morgan fingerprint density at radius 1 is 1.03 bits per heavy atom. The van der Waals surface area contributed by atoms with Crippen molar-refractivity contribution in [2.45, 2.75) is 52.0 Å². The predicted molar refractivity (Wildman–Crippen MR) is 122 cm³/mol. The highest BCUT2D eigenvalue weighted by Crippen LogP contribution is 2.28. The van der Waals surface area contributed by atoms with E-state index < -0.39 is 0 Å². The molecular formula is C21H34N6OS. The van der Waals surface area contributed by atoms with E-state index in [1.54, 1.807) is 0 Å². The molecule has 2 N–H and O–H groups in total. The van der Waals surface area contributed by atoms with Crippen molar-refractivity contribution in [2.24, 2.45) is 11.8 Å². The van der Waals surface area contributed by atoms with Crippen LogP contribution in [-0.4, -0.2) is 60.5 Å². The largest absolute Gasteiger partial charge is 0.378 e. The lowest BCUT2D eigenvalue weighted by Crippen LogP contribution is -2.41.